The minimum absolute atomic E-state index is 0.158. The van der Waals surface area contributed by atoms with Gasteiger partial charge in [-0.1, -0.05) is 12.1 Å². The Morgan fingerprint density at radius 2 is 1.85 bits per heavy atom. The first-order chi connectivity index (χ1) is 12.4. The van der Waals surface area contributed by atoms with Gasteiger partial charge in [-0.05, 0) is 48.9 Å². The summed E-state index contributed by atoms with van der Waals surface area (Å²) >= 11 is 5.80. The van der Waals surface area contributed by atoms with Crippen LogP contribution in [0.3, 0.4) is 0 Å². The van der Waals surface area contributed by atoms with Crippen LogP contribution in [0.5, 0.6) is 5.75 Å². The zero-order valence-corrected chi connectivity index (χ0v) is 14.6. The number of aromatic nitrogens is 1. The average Bonchev–Trinajstić information content (AvgIpc) is 3.00. The molecule has 0 amide bonds. The average molecular weight is 382 g/mol. The predicted octanol–water partition coefficient (Wildman–Crippen LogP) is 5.99. The normalized spacial score (nSPS) is 11.6. The first kappa shape index (κ1) is 18.3. The summed E-state index contributed by atoms with van der Waals surface area (Å²) in [6.07, 6.45) is -4.37. The summed E-state index contributed by atoms with van der Waals surface area (Å²) in [6.45, 7) is 1.91. The molecule has 0 aliphatic carbocycles. The Bertz CT molecular complexity index is 889. The van der Waals surface area contributed by atoms with Gasteiger partial charge in [-0.2, -0.15) is 13.2 Å². The van der Waals surface area contributed by atoms with Crippen LogP contribution in [-0.4, -0.2) is 4.98 Å². The van der Waals surface area contributed by atoms with Gasteiger partial charge in [0.05, 0.1) is 11.3 Å². The van der Waals surface area contributed by atoms with E-state index in [2.05, 4.69) is 4.98 Å². The number of benzene rings is 2. The Hall–Kier alpha value is -2.47. The first-order valence-electron chi connectivity index (χ1n) is 7.78. The van der Waals surface area contributed by atoms with Crippen molar-refractivity contribution in [2.45, 2.75) is 25.6 Å². The molecule has 26 heavy (non-hydrogen) atoms. The second kappa shape index (κ2) is 7.41. The molecule has 0 radical (unpaired) electrons. The lowest BCUT2D eigenvalue weighted by Gasteiger charge is -2.06. The highest BCUT2D eigenvalue weighted by molar-refractivity contribution is 6.17. The fourth-order valence-electron chi connectivity index (χ4n) is 2.35. The molecule has 1 aromatic heterocycles. The van der Waals surface area contributed by atoms with E-state index in [1.54, 1.807) is 13.0 Å². The van der Waals surface area contributed by atoms with Crippen molar-refractivity contribution >= 4 is 11.6 Å². The highest BCUT2D eigenvalue weighted by Gasteiger charge is 2.30. The van der Waals surface area contributed by atoms with Crippen molar-refractivity contribution in [3.8, 4) is 17.2 Å². The maximum Gasteiger partial charge on any atom is 0.416 e. The van der Waals surface area contributed by atoms with E-state index in [1.165, 1.54) is 12.1 Å². The van der Waals surface area contributed by atoms with Gasteiger partial charge in [0.2, 0.25) is 5.89 Å². The van der Waals surface area contributed by atoms with E-state index in [0.29, 0.717) is 28.6 Å². The van der Waals surface area contributed by atoms with Gasteiger partial charge < -0.3 is 9.15 Å². The van der Waals surface area contributed by atoms with Crippen molar-refractivity contribution in [2.24, 2.45) is 0 Å². The van der Waals surface area contributed by atoms with Crippen LogP contribution >= 0.6 is 11.6 Å². The van der Waals surface area contributed by atoms with Crippen molar-refractivity contribution in [1.29, 1.82) is 0 Å². The molecule has 3 nitrogen and oxygen atoms in total. The summed E-state index contributed by atoms with van der Waals surface area (Å²) in [5, 5.41) is 0. The van der Waals surface area contributed by atoms with Gasteiger partial charge in [0, 0.05) is 11.4 Å². The molecule has 0 saturated carbocycles. The third-order valence-electron chi connectivity index (χ3n) is 3.77. The second-order valence-corrected chi connectivity index (χ2v) is 5.94. The van der Waals surface area contributed by atoms with Crippen molar-refractivity contribution in [3.05, 3.63) is 71.1 Å². The van der Waals surface area contributed by atoms with Crippen LogP contribution in [0.2, 0.25) is 0 Å². The molecule has 0 spiro atoms. The third-order valence-corrected chi connectivity index (χ3v) is 4.08. The number of ether oxygens (including phenoxy) is 1. The summed E-state index contributed by atoms with van der Waals surface area (Å²) in [6, 6.07) is 12.0. The molecule has 0 bridgehead atoms. The molecule has 136 valence electrons. The second-order valence-electron chi connectivity index (χ2n) is 5.67. The number of nitrogens with zero attached hydrogens (tertiary/aromatic N) is 1. The molecule has 0 aliphatic heterocycles. The number of rotatable bonds is 5. The Labute approximate surface area is 153 Å². The quantitative estimate of drug-likeness (QED) is 0.509. The van der Waals surface area contributed by atoms with Crippen molar-refractivity contribution in [3.63, 3.8) is 0 Å². The van der Waals surface area contributed by atoms with E-state index in [4.69, 9.17) is 20.8 Å². The van der Waals surface area contributed by atoms with Gasteiger partial charge in [0.25, 0.3) is 0 Å². The van der Waals surface area contributed by atoms with Gasteiger partial charge in [-0.3, -0.25) is 0 Å². The minimum atomic E-state index is -4.37. The maximum atomic E-state index is 12.6. The van der Waals surface area contributed by atoms with Crippen molar-refractivity contribution in [2.75, 3.05) is 0 Å². The number of hydrogen-bond acceptors (Lipinski definition) is 3. The Morgan fingerprint density at radius 3 is 2.50 bits per heavy atom. The molecule has 0 atom stereocenters. The molecule has 7 heteroatoms. The highest BCUT2D eigenvalue weighted by atomic mass is 35.5. The fourth-order valence-corrected chi connectivity index (χ4v) is 2.52. The molecule has 3 rings (SSSR count). The zero-order chi connectivity index (χ0) is 18.7. The first-order valence-corrected chi connectivity index (χ1v) is 8.32. The summed E-state index contributed by atoms with van der Waals surface area (Å²) in [4.78, 5) is 4.27. The van der Waals surface area contributed by atoms with Crippen LogP contribution in [0.4, 0.5) is 13.2 Å². The van der Waals surface area contributed by atoms with Crippen LogP contribution < -0.4 is 4.74 Å². The predicted molar refractivity (Wildman–Crippen MR) is 92.0 cm³/mol. The van der Waals surface area contributed by atoms with Crippen molar-refractivity contribution in [1.82, 2.24) is 4.98 Å². The number of oxazole rings is 1. The Balaban J connectivity index is 1.74. The third kappa shape index (κ3) is 4.19. The van der Waals surface area contributed by atoms with Crippen LogP contribution in [0.25, 0.3) is 11.5 Å². The molecular formula is C19H15ClF3NO2. The number of halogens is 4. The van der Waals surface area contributed by atoms with Crippen LogP contribution in [0.15, 0.2) is 52.9 Å². The highest BCUT2D eigenvalue weighted by Crippen LogP contribution is 2.31. The van der Waals surface area contributed by atoms with E-state index in [0.717, 1.165) is 17.7 Å². The van der Waals surface area contributed by atoms with E-state index in [-0.39, 0.29) is 12.5 Å². The van der Waals surface area contributed by atoms with E-state index in [9.17, 15) is 13.2 Å². The largest absolute Gasteiger partial charge is 0.486 e. The summed E-state index contributed by atoms with van der Waals surface area (Å²) in [5.74, 6) is 1.80. The molecule has 0 fully saturated rings. The van der Waals surface area contributed by atoms with Crippen LogP contribution in [0.1, 0.15) is 22.6 Å². The van der Waals surface area contributed by atoms with Gasteiger partial charge >= 0.3 is 6.18 Å². The van der Waals surface area contributed by atoms with E-state index < -0.39 is 11.7 Å². The smallest absolute Gasteiger partial charge is 0.416 e. The van der Waals surface area contributed by atoms with Gasteiger partial charge in [-0.15, -0.1) is 11.6 Å². The maximum absolute atomic E-state index is 12.6. The molecule has 0 saturated heterocycles. The Kier molecular flexibility index (Phi) is 5.23. The van der Waals surface area contributed by atoms with E-state index >= 15 is 0 Å². The molecule has 0 aliphatic rings. The number of alkyl halides is 4. The lowest BCUT2D eigenvalue weighted by Crippen LogP contribution is -2.03. The van der Waals surface area contributed by atoms with Crippen molar-refractivity contribution < 1.29 is 22.3 Å². The van der Waals surface area contributed by atoms with Gasteiger partial charge in [0.15, 0.2) is 5.76 Å². The zero-order valence-electron chi connectivity index (χ0n) is 13.8. The lowest BCUT2D eigenvalue weighted by molar-refractivity contribution is -0.137. The molecule has 1 heterocycles. The van der Waals surface area contributed by atoms with Gasteiger partial charge in [-0.25, -0.2) is 4.98 Å². The van der Waals surface area contributed by atoms with E-state index in [1.807, 2.05) is 18.2 Å². The van der Waals surface area contributed by atoms with Gasteiger partial charge in [0.1, 0.15) is 12.4 Å². The monoisotopic (exact) mass is 381 g/mol. The molecule has 3 aromatic rings. The SMILES string of the molecule is Cc1nc(-c2ccc(C(F)(F)F)cc2)oc1COc1cccc(CCl)c1. The minimum Gasteiger partial charge on any atom is -0.486 e. The standard InChI is InChI=1S/C19H15ClF3NO2/c1-12-17(11-25-16-4-2-3-13(9-16)10-20)26-18(24-12)14-5-7-15(8-6-14)19(21,22)23/h2-9H,10-11H2,1H3. The lowest BCUT2D eigenvalue weighted by atomic mass is 10.1. The number of aryl methyl sites for hydroxylation is 1. The fraction of sp³-hybridized carbons (Fsp3) is 0.211. The summed E-state index contributed by atoms with van der Waals surface area (Å²) in [5.41, 5.74) is 1.31. The summed E-state index contributed by atoms with van der Waals surface area (Å²) in [7, 11) is 0. The molecule has 0 unspecified atom stereocenters. The molecular weight excluding hydrogens is 367 g/mol. The molecule has 2 aromatic carbocycles. The topological polar surface area (TPSA) is 35.3 Å². The molecule has 0 N–H and O–H groups in total. The Morgan fingerprint density at radius 1 is 1.12 bits per heavy atom. The number of hydrogen-bond donors (Lipinski definition) is 0. The van der Waals surface area contributed by atoms with Crippen LogP contribution in [0, 0.1) is 6.92 Å². The van der Waals surface area contributed by atoms with Crippen LogP contribution in [-0.2, 0) is 18.7 Å². The summed E-state index contributed by atoms with van der Waals surface area (Å²) < 4.78 is 49.3.